The van der Waals surface area contributed by atoms with Crippen LogP contribution in [0.2, 0.25) is 0 Å². The zero-order valence-corrected chi connectivity index (χ0v) is 14.1. The first-order chi connectivity index (χ1) is 9.33. The second-order valence-corrected chi connectivity index (χ2v) is 8.87. The maximum Gasteiger partial charge on any atom is 0.0129 e. The molecule has 1 nitrogen and oxygen atoms in total. The standard InChI is InChI=1S/C19H33N/c1-13-8-14(2)10-15(9-13)12-20-17-11-16-6-7-19(17,5)18(16,3)4/h8,13,15-17,20H,6-7,9-12H2,1-5H3. The second kappa shape index (κ2) is 4.87. The van der Waals surface area contributed by atoms with Crippen LogP contribution in [0.5, 0.6) is 0 Å². The van der Waals surface area contributed by atoms with E-state index in [0.29, 0.717) is 10.8 Å². The summed E-state index contributed by atoms with van der Waals surface area (Å²) in [6, 6.07) is 0.762. The number of allylic oxidation sites excluding steroid dienone is 2. The minimum Gasteiger partial charge on any atom is -0.313 e. The number of nitrogens with one attached hydrogen (secondary N) is 1. The Morgan fingerprint density at radius 2 is 2.00 bits per heavy atom. The fraction of sp³-hybridized carbons (Fsp3) is 0.895. The highest BCUT2D eigenvalue weighted by Crippen LogP contribution is 2.65. The lowest BCUT2D eigenvalue weighted by Crippen LogP contribution is -2.46. The molecule has 114 valence electrons. The molecular weight excluding hydrogens is 242 g/mol. The van der Waals surface area contributed by atoms with Gasteiger partial charge in [0, 0.05) is 6.04 Å². The molecule has 0 aromatic heterocycles. The smallest absolute Gasteiger partial charge is 0.0129 e. The molecule has 0 amide bonds. The van der Waals surface area contributed by atoms with Gasteiger partial charge in [-0.3, -0.25) is 0 Å². The van der Waals surface area contributed by atoms with Gasteiger partial charge >= 0.3 is 0 Å². The first-order valence-electron chi connectivity index (χ1n) is 8.73. The zero-order valence-electron chi connectivity index (χ0n) is 14.1. The van der Waals surface area contributed by atoms with Crippen LogP contribution in [-0.2, 0) is 0 Å². The molecule has 5 unspecified atom stereocenters. The van der Waals surface area contributed by atoms with Crippen molar-refractivity contribution in [2.45, 2.75) is 72.8 Å². The van der Waals surface area contributed by atoms with E-state index in [4.69, 9.17) is 0 Å². The Morgan fingerprint density at radius 1 is 1.25 bits per heavy atom. The van der Waals surface area contributed by atoms with Crippen LogP contribution in [0, 0.1) is 28.6 Å². The SMILES string of the molecule is CC1=CC(C)CC(CNC2CC3CCC2(C)C3(C)C)C1. The average Bonchev–Trinajstić information content (AvgIpc) is 2.67. The van der Waals surface area contributed by atoms with Crippen molar-refractivity contribution in [1.29, 1.82) is 0 Å². The predicted octanol–water partition coefficient (Wildman–Crippen LogP) is 4.78. The van der Waals surface area contributed by atoms with Gasteiger partial charge in [-0.25, -0.2) is 0 Å². The van der Waals surface area contributed by atoms with Crippen molar-refractivity contribution in [3.05, 3.63) is 11.6 Å². The van der Waals surface area contributed by atoms with Crippen molar-refractivity contribution in [2.24, 2.45) is 28.6 Å². The van der Waals surface area contributed by atoms with Crippen molar-refractivity contribution in [2.75, 3.05) is 6.54 Å². The molecule has 0 aliphatic heterocycles. The van der Waals surface area contributed by atoms with Crippen LogP contribution >= 0.6 is 0 Å². The summed E-state index contributed by atoms with van der Waals surface area (Å²) in [7, 11) is 0. The normalized spacial score (nSPS) is 46.5. The molecule has 3 rings (SSSR count). The van der Waals surface area contributed by atoms with E-state index in [1.54, 1.807) is 5.57 Å². The quantitative estimate of drug-likeness (QED) is 0.731. The molecule has 0 saturated heterocycles. The highest BCUT2D eigenvalue weighted by Gasteiger charge is 2.60. The first-order valence-corrected chi connectivity index (χ1v) is 8.73. The van der Waals surface area contributed by atoms with Gasteiger partial charge in [-0.1, -0.05) is 39.3 Å². The van der Waals surface area contributed by atoms with Crippen LogP contribution in [0.3, 0.4) is 0 Å². The van der Waals surface area contributed by atoms with E-state index in [9.17, 15) is 0 Å². The van der Waals surface area contributed by atoms with Gasteiger partial charge in [-0.05, 0) is 74.2 Å². The molecule has 3 aliphatic rings. The van der Waals surface area contributed by atoms with Crippen LogP contribution in [0.4, 0.5) is 0 Å². The van der Waals surface area contributed by atoms with Gasteiger partial charge in [0.15, 0.2) is 0 Å². The van der Waals surface area contributed by atoms with E-state index in [1.807, 2.05) is 0 Å². The lowest BCUT2D eigenvalue weighted by Gasteiger charge is -2.40. The summed E-state index contributed by atoms with van der Waals surface area (Å²) in [5, 5.41) is 3.99. The van der Waals surface area contributed by atoms with Gasteiger partial charge in [-0.2, -0.15) is 0 Å². The summed E-state index contributed by atoms with van der Waals surface area (Å²) >= 11 is 0. The Morgan fingerprint density at radius 3 is 2.55 bits per heavy atom. The predicted molar refractivity (Wildman–Crippen MR) is 86.7 cm³/mol. The molecule has 0 spiro atoms. The van der Waals surface area contributed by atoms with Crippen molar-refractivity contribution >= 4 is 0 Å². The number of rotatable bonds is 3. The molecule has 0 radical (unpaired) electrons. The van der Waals surface area contributed by atoms with Crippen LogP contribution in [0.1, 0.15) is 66.7 Å². The Bertz CT molecular complexity index is 408. The number of hydrogen-bond donors (Lipinski definition) is 1. The lowest BCUT2D eigenvalue weighted by molar-refractivity contribution is 0.118. The van der Waals surface area contributed by atoms with E-state index >= 15 is 0 Å². The first kappa shape index (κ1) is 14.6. The Labute approximate surface area is 125 Å². The van der Waals surface area contributed by atoms with Gasteiger partial charge in [0.2, 0.25) is 0 Å². The largest absolute Gasteiger partial charge is 0.313 e. The summed E-state index contributed by atoms with van der Waals surface area (Å²) in [4.78, 5) is 0. The molecule has 5 atom stereocenters. The van der Waals surface area contributed by atoms with Crippen molar-refractivity contribution in [1.82, 2.24) is 5.32 Å². The molecule has 1 heteroatoms. The minimum absolute atomic E-state index is 0.531. The molecule has 20 heavy (non-hydrogen) atoms. The molecule has 0 aromatic carbocycles. The maximum absolute atomic E-state index is 3.99. The third-order valence-electron chi connectivity index (χ3n) is 7.33. The van der Waals surface area contributed by atoms with E-state index in [0.717, 1.165) is 23.8 Å². The molecule has 2 saturated carbocycles. The third-order valence-corrected chi connectivity index (χ3v) is 7.33. The van der Waals surface area contributed by atoms with E-state index in [2.05, 4.69) is 46.0 Å². The Hall–Kier alpha value is -0.300. The summed E-state index contributed by atoms with van der Waals surface area (Å²) < 4.78 is 0. The number of fused-ring (bicyclic) bond motifs is 2. The van der Waals surface area contributed by atoms with E-state index in [1.165, 1.54) is 38.6 Å². The second-order valence-electron chi connectivity index (χ2n) is 8.87. The molecule has 0 aromatic rings. The molecular formula is C19H33N. The summed E-state index contributed by atoms with van der Waals surface area (Å²) in [5.74, 6) is 2.60. The van der Waals surface area contributed by atoms with Crippen LogP contribution < -0.4 is 5.32 Å². The highest BCUT2D eigenvalue weighted by molar-refractivity contribution is 5.13. The van der Waals surface area contributed by atoms with Crippen LogP contribution in [-0.4, -0.2) is 12.6 Å². The third kappa shape index (κ3) is 2.17. The van der Waals surface area contributed by atoms with Crippen molar-refractivity contribution < 1.29 is 0 Å². The fourth-order valence-corrected chi connectivity index (χ4v) is 5.66. The molecule has 2 fully saturated rings. The van der Waals surface area contributed by atoms with E-state index in [-0.39, 0.29) is 0 Å². The van der Waals surface area contributed by atoms with Crippen molar-refractivity contribution in [3.63, 3.8) is 0 Å². The Kier molecular flexibility index (Phi) is 3.56. The number of hydrogen-bond acceptors (Lipinski definition) is 1. The van der Waals surface area contributed by atoms with Crippen molar-refractivity contribution in [3.8, 4) is 0 Å². The van der Waals surface area contributed by atoms with Crippen LogP contribution in [0.25, 0.3) is 0 Å². The monoisotopic (exact) mass is 275 g/mol. The fourth-order valence-electron chi connectivity index (χ4n) is 5.66. The summed E-state index contributed by atoms with van der Waals surface area (Å²) in [6.45, 7) is 13.5. The lowest BCUT2D eigenvalue weighted by atomic mass is 9.69. The summed E-state index contributed by atoms with van der Waals surface area (Å²) in [5.41, 5.74) is 2.68. The molecule has 1 N–H and O–H groups in total. The molecule has 2 bridgehead atoms. The maximum atomic E-state index is 3.99. The zero-order chi connectivity index (χ0) is 14.5. The molecule has 0 heterocycles. The van der Waals surface area contributed by atoms with Gasteiger partial charge in [0.05, 0.1) is 0 Å². The van der Waals surface area contributed by atoms with Crippen LogP contribution in [0.15, 0.2) is 11.6 Å². The minimum atomic E-state index is 0.531. The average molecular weight is 275 g/mol. The molecule has 3 aliphatic carbocycles. The highest BCUT2D eigenvalue weighted by atomic mass is 15.0. The van der Waals surface area contributed by atoms with Gasteiger partial charge in [0.1, 0.15) is 0 Å². The van der Waals surface area contributed by atoms with Gasteiger partial charge in [-0.15, -0.1) is 0 Å². The summed E-state index contributed by atoms with van der Waals surface area (Å²) in [6.07, 6.45) is 9.47. The van der Waals surface area contributed by atoms with Gasteiger partial charge in [0.25, 0.3) is 0 Å². The Balaban J connectivity index is 1.59. The van der Waals surface area contributed by atoms with E-state index < -0.39 is 0 Å². The van der Waals surface area contributed by atoms with Gasteiger partial charge < -0.3 is 5.32 Å². The topological polar surface area (TPSA) is 12.0 Å².